The maximum Gasteiger partial charge on any atom is 0.530 e. The highest BCUT2D eigenvalue weighted by molar-refractivity contribution is 8.13. The largest absolute Gasteiger partial charge is 0.530 e. The van der Waals surface area contributed by atoms with Crippen LogP contribution in [-0.2, 0) is 23.1 Å². The first-order valence-electron chi connectivity index (χ1n) is 11.2. The lowest BCUT2D eigenvalue weighted by molar-refractivity contribution is -0.117. The lowest BCUT2D eigenvalue weighted by Gasteiger charge is -2.21. The highest BCUT2D eigenvalue weighted by Gasteiger charge is 2.46. The molecule has 204 valence electrons. The molecule has 1 aliphatic heterocycles. The number of aromatic hydroxyl groups is 1. The van der Waals surface area contributed by atoms with Crippen molar-refractivity contribution in [2.45, 2.75) is 45.3 Å². The number of para-hydroxylation sites is 1. The molecule has 5 N–H and O–H groups in total. The molecule has 1 fully saturated rings. The Labute approximate surface area is 217 Å². The molecule has 1 aromatic heterocycles. The van der Waals surface area contributed by atoms with Gasteiger partial charge in [0.15, 0.2) is 17.0 Å². The molecule has 3 rings (SSSR count). The van der Waals surface area contributed by atoms with Gasteiger partial charge in [-0.3, -0.25) is 23.2 Å². The average molecular weight is 560 g/mol. The van der Waals surface area contributed by atoms with Gasteiger partial charge in [0.2, 0.25) is 5.88 Å². The SMILES string of the molecule is CC(C)(C)C(=O)SCCOP(=O)(OC[C@H]1O[C@@H](n2cnc(C(N)=O)c2O)[C@H](O)C1O)Oc1ccccc1. The molecule has 13 nitrogen and oxygen atoms in total. The highest BCUT2D eigenvalue weighted by Crippen LogP contribution is 2.50. The van der Waals surface area contributed by atoms with Gasteiger partial charge >= 0.3 is 7.82 Å². The summed E-state index contributed by atoms with van der Waals surface area (Å²) in [5, 5.41) is 31.0. The van der Waals surface area contributed by atoms with Crippen LogP contribution in [0.2, 0.25) is 0 Å². The van der Waals surface area contributed by atoms with Gasteiger partial charge in [0, 0.05) is 11.2 Å². The van der Waals surface area contributed by atoms with E-state index in [0.717, 1.165) is 22.7 Å². The van der Waals surface area contributed by atoms with Crippen molar-refractivity contribution in [1.29, 1.82) is 0 Å². The number of nitrogens with zero attached hydrogens (tertiary/aromatic N) is 2. The Morgan fingerprint density at radius 1 is 1.19 bits per heavy atom. The van der Waals surface area contributed by atoms with Crippen molar-refractivity contribution < 1.29 is 47.8 Å². The van der Waals surface area contributed by atoms with E-state index in [1.165, 1.54) is 12.1 Å². The standard InChI is InChI=1S/C22H30N3O10PS/c1-22(2,3)21(30)37-10-9-32-36(31,35-13-7-5-4-6-8-13)33-11-14-16(26)17(27)20(34-14)25-12-24-15(18(23)28)19(25)29/h4-8,12,14,16-17,20,26-27,29H,9-11H2,1-3H3,(H2,23,28)/t14-,16?,17-,20-,36?/m1/s1. The van der Waals surface area contributed by atoms with E-state index in [1.54, 1.807) is 39.0 Å². The Morgan fingerprint density at radius 3 is 2.46 bits per heavy atom. The van der Waals surface area contributed by atoms with Crippen LogP contribution < -0.4 is 10.3 Å². The van der Waals surface area contributed by atoms with Crippen LogP contribution in [0.3, 0.4) is 0 Å². The fourth-order valence-electron chi connectivity index (χ4n) is 3.18. The summed E-state index contributed by atoms with van der Waals surface area (Å²) in [5.41, 5.74) is 4.14. The number of benzene rings is 1. The Hall–Kier alpha value is -2.45. The minimum Gasteiger partial charge on any atom is -0.493 e. The lowest BCUT2D eigenvalue weighted by atomic mass is 10.00. The summed E-state index contributed by atoms with van der Waals surface area (Å²) in [5.74, 6) is -1.28. The minimum absolute atomic E-state index is 0.0689. The summed E-state index contributed by atoms with van der Waals surface area (Å²) in [4.78, 5) is 27.1. The van der Waals surface area contributed by atoms with E-state index in [1.807, 2.05) is 0 Å². The number of amides is 1. The zero-order valence-corrected chi connectivity index (χ0v) is 22.1. The summed E-state index contributed by atoms with van der Waals surface area (Å²) in [6.45, 7) is 4.66. The van der Waals surface area contributed by atoms with Gasteiger partial charge in [-0.1, -0.05) is 50.7 Å². The van der Waals surface area contributed by atoms with Crippen molar-refractivity contribution in [2.75, 3.05) is 19.0 Å². The second-order valence-corrected chi connectivity index (χ2v) is 11.8. The number of phosphoric acid groups is 1. The Bertz CT molecular complexity index is 1140. The monoisotopic (exact) mass is 559 g/mol. The number of carbonyl (C=O) groups is 2. The smallest absolute Gasteiger partial charge is 0.493 e. The first kappa shape index (κ1) is 29.1. The number of phosphoric ester groups is 1. The van der Waals surface area contributed by atoms with E-state index in [9.17, 15) is 29.5 Å². The van der Waals surface area contributed by atoms with E-state index in [0.29, 0.717) is 0 Å². The number of hydrogen-bond acceptors (Lipinski definition) is 12. The number of thioether (sulfide) groups is 1. The van der Waals surface area contributed by atoms with E-state index in [4.69, 9.17) is 24.0 Å². The van der Waals surface area contributed by atoms with E-state index >= 15 is 0 Å². The molecule has 0 aliphatic carbocycles. The zero-order valence-electron chi connectivity index (χ0n) is 20.4. The average Bonchev–Trinajstić information content (AvgIpc) is 3.34. The molecular formula is C22H30N3O10PS. The van der Waals surface area contributed by atoms with Gasteiger partial charge in [-0.25, -0.2) is 9.55 Å². The topological polar surface area (TPSA) is 193 Å². The number of nitrogens with two attached hydrogens (primary N) is 1. The number of carbonyl (C=O) groups excluding carboxylic acids is 2. The van der Waals surface area contributed by atoms with Crippen LogP contribution in [0.5, 0.6) is 11.6 Å². The Balaban J connectivity index is 1.67. The molecule has 2 aromatic rings. The Morgan fingerprint density at radius 2 is 1.86 bits per heavy atom. The fraction of sp³-hybridized carbons (Fsp3) is 0.500. The maximum absolute atomic E-state index is 13.4. The van der Waals surface area contributed by atoms with Gasteiger partial charge in [-0.2, -0.15) is 0 Å². The maximum atomic E-state index is 13.4. The number of rotatable bonds is 11. The number of hydrogen-bond donors (Lipinski definition) is 4. The molecule has 1 aromatic carbocycles. The molecule has 0 saturated carbocycles. The number of primary amides is 1. The zero-order chi connectivity index (χ0) is 27.4. The third kappa shape index (κ3) is 7.32. The first-order valence-corrected chi connectivity index (χ1v) is 13.6. The van der Waals surface area contributed by atoms with E-state index in [2.05, 4.69) is 4.98 Å². The number of ether oxygens (including phenoxy) is 1. The van der Waals surface area contributed by atoms with Gasteiger partial charge < -0.3 is 30.3 Å². The van der Waals surface area contributed by atoms with E-state index in [-0.39, 0.29) is 23.2 Å². The summed E-state index contributed by atoms with van der Waals surface area (Å²) < 4.78 is 36.2. The van der Waals surface area contributed by atoms with Crippen LogP contribution in [0.15, 0.2) is 36.7 Å². The van der Waals surface area contributed by atoms with Gasteiger partial charge in [-0.15, -0.1) is 0 Å². The summed E-state index contributed by atoms with van der Waals surface area (Å²) in [7, 11) is -4.28. The van der Waals surface area contributed by atoms with Crippen molar-refractivity contribution in [2.24, 2.45) is 11.1 Å². The van der Waals surface area contributed by atoms with Crippen molar-refractivity contribution in [1.82, 2.24) is 9.55 Å². The molecule has 0 radical (unpaired) electrons. The number of aliphatic hydroxyl groups excluding tert-OH is 2. The van der Waals surface area contributed by atoms with Crippen molar-refractivity contribution in [3.8, 4) is 11.6 Å². The second-order valence-electron chi connectivity index (χ2n) is 9.10. The van der Waals surface area contributed by atoms with Gasteiger partial charge in [0.25, 0.3) is 5.91 Å². The predicted molar refractivity (Wildman–Crippen MR) is 132 cm³/mol. The van der Waals surface area contributed by atoms with Crippen LogP contribution in [0.25, 0.3) is 0 Å². The second kappa shape index (κ2) is 11.9. The van der Waals surface area contributed by atoms with Crippen molar-refractivity contribution in [3.63, 3.8) is 0 Å². The van der Waals surface area contributed by atoms with Crippen molar-refractivity contribution >= 4 is 30.6 Å². The Kier molecular flexibility index (Phi) is 9.40. The lowest BCUT2D eigenvalue weighted by Crippen LogP contribution is -2.33. The quantitative estimate of drug-likeness (QED) is 0.231. The molecule has 1 aliphatic rings. The van der Waals surface area contributed by atoms with Crippen LogP contribution in [0, 0.1) is 5.41 Å². The first-order chi connectivity index (χ1) is 17.3. The summed E-state index contributed by atoms with van der Waals surface area (Å²) in [6, 6.07) is 8.11. The number of aliphatic hydroxyl groups is 2. The molecule has 2 heterocycles. The molecule has 1 amide bonds. The molecule has 0 spiro atoms. The summed E-state index contributed by atoms with van der Waals surface area (Å²) >= 11 is 1.02. The van der Waals surface area contributed by atoms with Crippen LogP contribution >= 0.6 is 19.6 Å². The van der Waals surface area contributed by atoms with Crippen LogP contribution in [-0.4, -0.2) is 73.2 Å². The van der Waals surface area contributed by atoms with Crippen molar-refractivity contribution in [3.05, 3.63) is 42.4 Å². The normalized spacial score (nSPS) is 23.5. The molecule has 0 bridgehead atoms. The van der Waals surface area contributed by atoms with Crippen LogP contribution in [0.4, 0.5) is 0 Å². The fourth-order valence-corrected chi connectivity index (χ4v) is 5.29. The minimum atomic E-state index is -4.28. The van der Waals surface area contributed by atoms with Gasteiger partial charge in [-0.05, 0) is 12.1 Å². The third-order valence-corrected chi connectivity index (χ3v) is 7.79. The van der Waals surface area contributed by atoms with Gasteiger partial charge in [0.1, 0.15) is 30.4 Å². The highest BCUT2D eigenvalue weighted by atomic mass is 32.2. The molecule has 1 saturated heterocycles. The molecule has 5 atom stereocenters. The number of aromatic nitrogens is 2. The third-order valence-electron chi connectivity index (χ3n) is 5.15. The summed E-state index contributed by atoms with van der Waals surface area (Å²) in [6.07, 6.45) is -4.66. The van der Waals surface area contributed by atoms with Crippen LogP contribution in [0.1, 0.15) is 37.5 Å². The molecular weight excluding hydrogens is 529 g/mol. The van der Waals surface area contributed by atoms with Gasteiger partial charge in [0.05, 0.1) is 13.2 Å². The number of imidazole rings is 1. The molecule has 15 heteroatoms. The molecule has 37 heavy (non-hydrogen) atoms. The van der Waals surface area contributed by atoms with E-state index < -0.39 is 61.9 Å². The predicted octanol–water partition coefficient (Wildman–Crippen LogP) is 1.83. The molecule has 2 unspecified atom stereocenters.